The Kier molecular flexibility index (Phi) is 4.18. The van der Waals surface area contributed by atoms with Gasteiger partial charge in [-0.1, -0.05) is 0 Å². The van der Waals surface area contributed by atoms with E-state index in [4.69, 9.17) is 5.11 Å². The van der Waals surface area contributed by atoms with E-state index in [1.54, 1.807) is 11.8 Å². The topological polar surface area (TPSA) is 55.8 Å². The fourth-order valence-corrected chi connectivity index (χ4v) is 2.32. The third-order valence-electron chi connectivity index (χ3n) is 2.46. The molecule has 2 N–H and O–H groups in total. The monoisotopic (exact) mass is 219 g/mol. The maximum absolute atomic E-state index is 10.5. The van der Waals surface area contributed by atoms with E-state index in [0.717, 1.165) is 0 Å². The number of nitrogens with one attached hydrogen (secondary N) is 1. The van der Waals surface area contributed by atoms with Crippen molar-refractivity contribution in [1.29, 1.82) is 0 Å². The average molecular weight is 219 g/mol. The lowest BCUT2D eigenvalue weighted by molar-refractivity contribution is -0.137. The number of aliphatic carboxylic acids is 1. The van der Waals surface area contributed by atoms with Crippen molar-refractivity contribution in [3.8, 4) is 0 Å². The molecule has 0 bridgehead atoms. The number of thioether (sulfide) groups is 1. The highest BCUT2D eigenvalue weighted by atomic mass is 32.2. The van der Waals surface area contributed by atoms with Crippen molar-refractivity contribution in [2.45, 2.75) is 25.0 Å². The number of hydrogen-bond donors (Lipinski definition) is 2. The SMILES string of the molecule is CSC1NN(C)C(C)N1CCC(=O)O. The van der Waals surface area contributed by atoms with Crippen LogP contribution in [0.4, 0.5) is 0 Å². The maximum atomic E-state index is 10.5. The minimum atomic E-state index is -0.744. The van der Waals surface area contributed by atoms with Crippen LogP contribution in [0, 0.1) is 0 Å². The Labute approximate surface area is 88.4 Å². The molecule has 0 aliphatic carbocycles. The first-order chi connectivity index (χ1) is 6.56. The molecular formula is C8H17N3O2S. The van der Waals surface area contributed by atoms with Gasteiger partial charge in [0.2, 0.25) is 0 Å². The molecule has 0 saturated carbocycles. The van der Waals surface area contributed by atoms with Crippen molar-refractivity contribution in [3.63, 3.8) is 0 Å². The summed E-state index contributed by atoms with van der Waals surface area (Å²) < 4.78 is 0. The lowest BCUT2D eigenvalue weighted by atomic mass is 10.4. The van der Waals surface area contributed by atoms with Gasteiger partial charge in [-0.15, -0.1) is 11.8 Å². The zero-order valence-electron chi connectivity index (χ0n) is 8.73. The summed E-state index contributed by atoms with van der Waals surface area (Å²) in [5, 5.41) is 10.6. The molecule has 82 valence electrons. The molecule has 1 heterocycles. The molecule has 6 heteroatoms. The number of nitrogens with zero attached hydrogens (tertiary/aromatic N) is 2. The molecule has 0 aromatic rings. The van der Waals surface area contributed by atoms with E-state index in [1.807, 2.05) is 18.3 Å². The van der Waals surface area contributed by atoms with Crippen molar-refractivity contribution in [2.75, 3.05) is 19.8 Å². The molecule has 14 heavy (non-hydrogen) atoms. The van der Waals surface area contributed by atoms with Gasteiger partial charge >= 0.3 is 5.97 Å². The summed E-state index contributed by atoms with van der Waals surface area (Å²) >= 11 is 1.68. The molecule has 1 rings (SSSR count). The van der Waals surface area contributed by atoms with Crippen molar-refractivity contribution >= 4 is 17.7 Å². The van der Waals surface area contributed by atoms with Crippen LogP contribution in [-0.4, -0.2) is 52.5 Å². The number of hydrogen-bond acceptors (Lipinski definition) is 5. The standard InChI is InChI=1S/C8H17N3O2S/c1-6-10(2)9-8(14-3)11(6)5-4-7(12)13/h6,8-9H,4-5H2,1-3H3,(H,12,13). The first-order valence-corrected chi connectivity index (χ1v) is 5.84. The molecule has 0 aromatic carbocycles. The molecule has 1 aliphatic heterocycles. The third-order valence-corrected chi connectivity index (χ3v) is 3.29. The second-order valence-corrected chi connectivity index (χ2v) is 4.26. The minimum Gasteiger partial charge on any atom is -0.481 e. The first kappa shape index (κ1) is 11.8. The van der Waals surface area contributed by atoms with E-state index in [0.29, 0.717) is 6.54 Å². The largest absolute Gasteiger partial charge is 0.481 e. The smallest absolute Gasteiger partial charge is 0.304 e. The fourth-order valence-electron chi connectivity index (χ4n) is 1.49. The molecule has 0 amide bonds. The predicted molar refractivity (Wildman–Crippen MR) is 56.6 cm³/mol. The summed E-state index contributed by atoms with van der Waals surface area (Å²) in [6.07, 6.45) is 2.45. The Morgan fingerprint density at radius 2 is 2.29 bits per heavy atom. The molecule has 0 spiro atoms. The van der Waals surface area contributed by atoms with Gasteiger partial charge in [0, 0.05) is 13.6 Å². The maximum Gasteiger partial charge on any atom is 0.304 e. The highest BCUT2D eigenvalue weighted by Gasteiger charge is 2.33. The van der Waals surface area contributed by atoms with E-state index >= 15 is 0 Å². The highest BCUT2D eigenvalue weighted by Crippen LogP contribution is 2.21. The van der Waals surface area contributed by atoms with Gasteiger partial charge < -0.3 is 5.11 Å². The van der Waals surface area contributed by atoms with E-state index < -0.39 is 5.97 Å². The first-order valence-electron chi connectivity index (χ1n) is 4.55. The van der Waals surface area contributed by atoms with Gasteiger partial charge in [0.1, 0.15) is 5.50 Å². The Balaban J connectivity index is 2.50. The van der Waals surface area contributed by atoms with Crippen LogP contribution < -0.4 is 5.43 Å². The van der Waals surface area contributed by atoms with Crippen molar-refractivity contribution in [2.24, 2.45) is 0 Å². The van der Waals surface area contributed by atoms with Gasteiger partial charge in [-0.05, 0) is 13.2 Å². The van der Waals surface area contributed by atoms with Crippen LogP contribution in [0.2, 0.25) is 0 Å². The Hall–Kier alpha value is -0.300. The average Bonchev–Trinajstić information content (AvgIpc) is 2.40. The van der Waals surface area contributed by atoms with Crippen LogP contribution in [0.3, 0.4) is 0 Å². The number of rotatable bonds is 4. The summed E-state index contributed by atoms with van der Waals surface area (Å²) in [6, 6.07) is 0. The molecule has 2 atom stereocenters. The molecule has 5 nitrogen and oxygen atoms in total. The zero-order chi connectivity index (χ0) is 10.7. The number of carboxylic acid groups (broad SMARTS) is 1. The predicted octanol–water partition coefficient (Wildman–Crippen LogP) is 0.206. The summed E-state index contributed by atoms with van der Waals surface area (Å²) in [5.74, 6) is -0.744. The van der Waals surface area contributed by atoms with Gasteiger partial charge in [-0.25, -0.2) is 10.4 Å². The lowest BCUT2D eigenvalue weighted by Crippen LogP contribution is -2.37. The number of carboxylic acids is 1. The van der Waals surface area contributed by atoms with Crippen LogP contribution in [0.15, 0.2) is 0 Å². The summed E-state index contributed by atoms with van der Waals surface area (Å²) in [7, 11) is 1.97. The van der Waals surface area contributed by atoms with Crippen LogP contribution in [0.5, 0.6) is 0 Å². The van der Waals surface area contributed by atoms with Crippen molar-refractivity contribution < 1.29 is 9.90 Å². The van der Waals surface area contributed by atoms with Gasteiger partial charge in [0.25, 0.3) is 0 Å². The molecule has 2 unspecified atom stereocenters. The Morgan fingerprint density at radius 3 is 2.79 bits per heavy atom. The van der Waals surface area contributed by atoms with Crippen LogP contribution in [-0.2, 0) is 4.79 Å². The zero-order valence-corrected chi connectivity index (χ0v) is 9.54. The van der Waals surface area contributed by atoms with E-state index in [1.165, 1.54) is 0 Å². The fraction of sp³-hybridized carbons (Fsp3) is 0.875. The molecule has 0 aromatic heterocycles. The second-order valence-electron chi connectivity index (χ2n) is 3.34. The molecule has 1 aliphatic rings. The lowest BCUT2D eigenvalue weighted by Gasteiger charge is -2.24. The Bertz CT molecular complexity index is 215. The second kappa shape index (κ2) is 4.97. The van der Waals surface area contributed by atoms with Gasteiger partial charge in [0.15, 0.2) is 0 Å². The Morgan fingerprint density at radius 1 is 1.64 bits per heavy atom. The number of hydrazine groups is 1. The highest BCUT2D eigenvalue weighted by molar-refractivity contribution is 7.99. The van der Waals surface area contributed by atoms with Crippen LogP contribution in [0.25, 0.3) is 0 Å². The molecule has 0 radical (unpaired) electrons. The van der Waals surface area contributed by atoms with E-state index in [2.05, 4.69) is 17.2 Å². The minimum absolute atomic E-state index is 0.189. The third kappa shape index (κ3) is 2.60. The van der Waals surface area contributed by atoms with Gasteiger partial charge in [0.05, 0.1) is 12.6 Å². The molecule has 1 saturated heterocycles. The van der Waals surface area contributed by atoms with Crippen molar-refractivity contribution in [1.82, 2.24) is 15.3 Å². The molecular weight excluding hydrogens is 202 g/mol. The summed E-state index contributed by atoms with van der Waals surface area (Å²) in [6.45, 7) is 2.64. The van der Waals surface area contributed by atoms with Gasteiger partial charge in [-0.2, -0.15) is 0 Å². The number of carbonyl (C=O) groups is 1. The van der Waals surface area contributed by atoms with Crippen molar-refractivity contribution in [3.05, 3.63) is 0 Å². The van der Waals surface area contributed by atoms with E-state index in [-0.39, 0.29) is 18.1 Å². The van der Waals surface area contributed by atoms with Crippen LogP contribution in [0.1, 0.15) is 13.3 Å². The van der Waals surface area contributed by atoms with E-state index in [9.17, 15) is 4.79 Å². The van der Waals surface area contributed by atoms with Gasteiger partial charge in [-0.3, -0.25) is 9.69 Å². The normalized spacial score (nSPS) is 29.6. The summed E-state index contributed by atoms with van der Waals surface area (Å²) in [4.78, 5) is 12.6. The molecule has 1 fully saturated rings. The van der Waals surface area contributed by atoms with Crippen LogP contribution >= 0.6 is 11.8 Å². The summed E-state index contributed by atoms with van der Waals surface area (Å²) in [5.41, 5.74) is 3.45. The quantitative estimate of drug-likeness (QED) is 0.705.